The second kappa shape index (κ2) is 15.0. The highest BCUT2D eigenvalue weighted by atomic mass is 16.5. The number of unbranched alkanes of at least 4 members (excludes halogenated alkanes) is 7. The van der Waals surface area contributed by atoms with Crippen molar-refractivity contribution < 1.29 is 4.74 Å². The van der Waals surface area contributed by atoms with E-state index in [4.69, 9.17) is 4.74 Å². The summed E-state index contributed by atoms with van der Waals surface area (Å²) in [6, 6.07) is 9.39. The topological polar surface area (TPSA) is 9.23 Å². The third kappa shape index (κ3) is 8.50. The molecular weight excluding hydrogens is 448 g/mol. The van der Waals surface area contributed by atoms with Crippen LogP contribution >= 0.6 is 0 Å². The summed E-state index contributed by atoms with van der Waals surface area (Å²) in [5.74, 6) is 3.07. The molecule has 4 fully saturated rings. The molecule has 0 N–H and O–H groups in total. The monoisotopic (exact) mass is 508 g/mol. The quantitative estimate of drug-likeness (QED) is 0.190. The van der Waals surface area contributed by atoms with Gasteiger partial charge in [0.05, 0.1) is 6.61 Å². The summed E-state index contributed by atoms with van der Waals surface area (Å²) < 4.78 is 6.20. The van der Waals surface area contributed by atoms with E-state index in [1.54, 1.807) is 5.56 Å². The fourth-order valence-corrected chi connectivity index (χ4v) is 8.31. The van der Waals surface area contributed by atoms with E-state index in [1.807, 2.05) is 0 Å². The van der Waals surface area contributed by atoms with E-state index in [-0.39, 0.29) is 0 Å². The van der Waals surface area contributed by atoms with E-state index in [9.17, 15) is 0 Å². The van der Waals surface area contributed by atoms with E-state index in [0.717, 1.165) is 24.2 Å². The Morgan fingerprint density at radius 3 is 1.78 bits per heavy atom. The van der Waals surface area contributed by atoms with Gasteiger partial charge in [0.25, 0.3) is 0 Å². The molecule has 0 unspecified atom stereocenters. The molecule has 0 aromatic heterocycles. The normalized spacial score (nSPS) is 29.5. The first kappa shape index (κ1) is 29.0. The first-order valence-electron chi connectivity index (χ1n) is 16.9. The van der Waals surface area contributed by atoms with Crippen LogP contribution in [0.1, 0.15) is 167 Å². The summed E-state index contributed by atoms with van der Waals surface area (Å²) in [7, 11) is 0. The zero-order valence-corrected chi connectivity index (χ0v) is 24.8. The van der Waals surface area contributed by atoms with Crippen LogP contribution in [-0.4, -0.2) is 6.61 Å². The van der Waals surface area contributed by atoms with Gasteiger partial charge in [-0.25, -0.2) is 0 Å². The van der Waals surface area contributed by atoms with Gasteiger partial charge in [0.1, 0.15) is 5.75 Å². The molecule has 0 amide bonds. The van der Waals surface area contributed by atoms with E-state index in [2.05, 4.69) is 38.1 Å². The van der Waals surface area contributed by atoms with Crippen LogP contribution in [0, 0.1) is 17.3 Å². The molecule has 0 saturated heterocycles. The molecular formula is C36H60O. The van der Waals surface area contributed by atoms with E-state index >= 15 is 0 Å². The molecule has 0 radical (unpaired) electrons. The maximum absolute atomic E-state index is 6.20. The zero-order valence-electron chi connectivity index (χ0n) is 24.8. The maximum atomic E-state index is 6.20. The van der Waals surface area contributed by atoms with Crippen LogP contribution < -0.4 is 4.74 Å². The fraction of sp³-hybridized carbons (Fsp3) is 0.833. The molecule has 1 aromatic rings. The highest BCUT2D eigenvalue weighted by molar-refractivity contribution is 5.34. The van der Waals surface area contributed by atoms with Crippen LogP contribution in [0.15, 0.2) is 24.3 Å². The zero-order chi connectivity index (χ0) is 25.8. The van der Waals surface area contributed by atoms with Gasteiger partial charge in [0, 0.05) is 0 Å². The van der Waals surface area contributed by atoms with Gasteiger partial charge >= 0.3 is 0 Å². The number of fused-ring (bicyclic) bond motifs is 3. The molecule has 0 heterocycles. The summed E-state index contributed by atoms with van der Waals surface area (Å²) in [5, 5.41) is 0. The molecule has 1 heteroatoms. The number of benzene rings is 1. The minimum absolute atomic E-state index is 0.469. The smallest absolute Gasteiger partial charge is 0.119 e. The van der Waals surface area contributed by atoms with Gasteiger partial charge in [-0.15, -0.1) is 0 Å². The van der Waals surface area contributed by atoms with Crippen molar-refractivity contribution in [1.29, 1.82) is 0 Å². The van der Waals surface area contributed by atoms with Crippen LogP contribution in [0.4, 0.5) is 0 Å². The molecule has 4 aliphatic rings. The summed E-state index contributed by atoms with van der Waals surface area (Å²) in [4.78, 5) is 0. The van der Waals surface area contributed by atoms with Crippen LogP contribution in [0.3, 0.4) is 0 Å². The molecule has 210 valence electrons. The largest absolute Gasteiger partial charge is 0.494 e. The highest BCUT2D eigenvalue weighted by Crippen LogP contribution is 2.59. The second-order valence-electron chi connectivity index (χ2n) is 13.7. The molecule has 0 atom stereocenters. The molecule has 4 aliphatic carbocycles. The standard InChI is InChI=1S/C36H60O/c1-3-5-7-8-9-11-23-35-24-27-36(28-25-35,29-26-35)33-19-21-34(22-20-33)37-30-12-14-32-17-15-31(16-18-32)13-10-6-4-2/h19-22,31-32H,3-18,23-30H2,1-2H3. The third-order valence-corrected chi connectivity index (χ3v) is 11.1. The predicted molar refractivity (Wildman–Crippen MR) is 161 cm³/mol. The SMILES string of the molecule is CCCCCCCCC12CCC(c3ccc(OCCCC4CCC(CCCCC)CC4)cc3)(CC1)CC2. The molecule has 1 aromatic carbocycles. The Bertz CT molecular complexity index is 716. The fourth-order valence-electron chi connectivity index (χ4n) is 8.31. The van der Waals surface area contributed by atoms with Gasteiger partial charge in [-0.1, -0.05) is 116 Å². The second-order valence-corrected chi connectivity index (χ2v) is 13.7. The molecule has 37 heavy (non-hydrogen) atoms. The molecule has 1 nitrogen and oxygen atoms in total. The summed E-state index contributed by atoms with van der Waals surface area (Å²) in [6.07, 6.45) is 33.0. The van der Waals surface area contributed by atoms with Gasteiger partial charge in [-0.05, 0) is 98.1 Å². The van der Waals surface area contributed by atoms with Crippen LogP contribution in [-0.2, 0) is 5.41 Å². The molecule has 4 saturated carbocycles. The van der Waals surface area contributed by atoms with Crippen LogP contribution in [0.2, 0.25) is 0 Å². The minimum atomic E-state index is 0.469. The Labute approximate surface area is 230 Å². The van der Waals surface area contributed by atoms with Crippen molar-refractivity contribution in [3.8, 4) is 5.75 Å². The van der Waals surface area contributed by atoms with E-state index in [0.29, 0.717) is 10.8 Å². The first-order chi connectivity index (χ1) is 18.2. The van der Waals surface area contributed by atoms with E-state index < -0.39 is 0 Å². The number of hydrogen-bond acceptors (Lipinski definition) is 1. The lowest BCUT2D eigenvalue weighted by Crippen LogP contribution is -2.44. The molecule has 0 aliphatic heterocycles. The van der Waals surface area contributed by atoms with Crippen molar-refractivity contribution >= 4 is 0 Å². The first-order valence-corrected chi connectivity index (χ1v) is 16.9. The van der Waals surface area contributed by atoms with Crippen LogP contribution in [0.5, 0.6) is 5.75 Å². The van der Waals surface area contributed by atoms with Crippen molar-refractivity contribution in [2.75, 3.05) is 6.61 Å². The number of hydrogen-bond donors (Lipinski definition) is 0. The summed E-state index contributed by atoms with van der Waals surface area (Å²) in [5.41, 5.74) is 2.77. The van der Waals surface area contributed by atoms with Crippen molar-refractivity contribution in [3.05, 3.63) is 29.8 Å². The number of rotatable bonds is 17. The van der Waals surface area contributed by atoms with Crippen molar-refractivity contribution in [2.45, 2.75) is 167 Å². The average molecular weight is 509 g/mol. The van der Waals surface area contributed by atoms with Crippen molar-refractivity contribution in [1.82, 2.24) is 0 Å². The third-order valence-electron chi connectivity index (χ3n) is 11.1. The average Bonchev–Trinajstić information content (AvgIpc) is 2.95. The van der Waals surface area contributed by atoms with Gasteiger partial charge in [0.15, 0.2) is 0 Å². The summed E-state index contributed by atoms with van der Waals surface area (Å²) >= 11 is 0. The highest BCUT2D eigenvalue weighted by Gasteiger charge is 2.48. The minimum Gasteiger partial charge on any atom is -0.494 e. The Morgan fingerprint density at radius 2 is 1.16 bits per heavy atom. The Balaban J connectivity index is 1.11. The van der Waals surface area contributed by atoms with Gasteiger partial charge in [0.2, 0.25) is 0 Å². The predicted octanol–water partition coefficient (Wildman–Crippen LogP) is 11.6. The summed E-state index contributed by atoms with van der Waals surface area (Å²) in [6.45, 7) is 5.53. The van der Waals surface area contributed by atoms with Gasteiger partial charge in [-0.3, -0.25) is 0 Å². The lowest BCUT2D eigenvalue weighted by atomic mass is 9.51. The molecule has 0 spiro atoms. The molecule has 5 rings (SSSR count). The Kier molecular flexibility index (Phi) is 11.7. The van der Waals surface area contributed by atoms with Gasteiger partial charge in [-0.2, -0.15) is 0 Å². The molecule has 2 bridgehead atoms. The number of ether oxygens (including phenoxy) is 1. The Morgan fingerprint density at radius 1 is 0.622 bits per heavy atom. The van der Waals surface area contributed by atoms with Gasteiger partial charge < -0.3 is 4.74 Å². The maximum Gasteiger partial charge on any atom is 0.119 e. The van der Waals surface area contributed by atoms with Crippen LogP contribution in [0.25, 0.3) is 0 Å². The lowest BCUT2D eigenvalue weighted by molar-refractivity contribution is 0.0304. The Hall–Kier alpha value is -0.980. The lowest BCUT2D eigenvalue weighted by Gasteiger charge is -2.54. The van der Waals surface area contributed by atoms with Crippen molar-refractivity contribution in [3.63, 3.8) is 0 Å². The van der Waals surface area contributed by atoms with Crippen molar-refractivity contribution in [2.24, 2.45) is 17.3 Å². The van der Waals surface area contributed by atoms with E-state index in [1.165, 1.54) is 148 Å².